The van der Waals surface area contributed by atoms with Crippen LogP contribution >= 0.6 is 0 Å². The fraction of sp³-hybridized carbons (Fsp3) is 0.0714. The molecule has 5 aromatic rings. The van der Waals surface area contributed by atoms with E-state index >= 15 is 0 Å². The number of rotatable bonds is 9. The van der Waals surface area contributed by atoms with E-state index in [1.807, 2.05) is 24.3 Å². The van der Waals surface area contributed by atoms with E-state index in [9.17, 15) is 18.0 Å². The van der Waals surface area contributed by atoms with E-state index in [1.165, 1.54) is 30.5 Å². The van der Waals surface area contributed by atoms with E-state index in [1.54, 1.807) is 48.7 Å². The van der Waals surface area contributed by atoms with Gasteiger partial charge < -0.3 is 14.1 Å². The number of hydrogen-bond acceptors (Lipinski definition) is 6. The van der Waals surface area contributed by atoms with Gasteiger partial charge in [-0.3, -0.25) is 4.79 Å². The standard InChI is InChI=1S/C28H22N2O6S/c31-26(24-18-29-25-11-5-4-10-23(24)25)27(19-7-2-1-3-8-19)36-28(32)20-12-14-22(15-13-20)37(33,34)30-17-21-9-6-16-35-21/h1-16,18,27,29-30H,17H2/t27-/m1/s1. The van der Waals surface area contributed by atoms with E-state index in [2.05, 4.69) is 9.71 Å². The number of H-pyrrole nitrogens is 1. The van der Waals surface area contributed by atoms with Crippen LogP contribution in [0.25, 0.3) is 10.9 Å². The van der Waals surface area contributed by atoms with Crippen LogP contribution in [0.3, 0.4) is 0 Å². The Bertz CT molecular complexity index is 1640. The number of sulfonamides is 1. The molecule has 0 aliphatic carbocycles. The largest absolute Gasteiger partial charge is 0.468 e. The van der Waals surface area contributed by atoms with Crippen LogP contribution in [0.4, 0.5) is 0 Å². The van der Waals surface area contributed by atoms with Crippen molar-refractivity contribution in [2.75, 3.05) is 0 Å². The van der Waals surface area contributed by atoms with Crippen molar-refractivity contribution in [1.82, 2.24) is 9.71 Å². The van der Waals surface area contributed by atoms with Crippen LogP contribution in [-0.2, 0) is 21.3 Å². The molecule has 3 aromatic carbocycles. The van der Waals surface area contributed by atoms with Crippen LogP contribution in [0.5, 0.6) is 0 Å². The third-order valence-electron chi connectivity index (χ3n) is 5.84. The molecular weight excluding hydrogens is 492 g/mol. The van der Waals surface area contributed by atoms with Crippen molar-refractivity contribution in [2.24, 2.45) is 0 Å². The number of carbonyl (C=O) groups is 2. The molecular formula is C28H22N2O6S. The number of aromatic amines is 1. The summed E-state index contributed by atoms with van der Waals surface area (Å²) in [7, 11) is -3.83. The summed E-state index contributed by atoms with van der Waals surface area (Å²) in [5.41, 5.74) is 1.83. The van der Waals surface area contributed by atoms with Crippen molar-refractivity contribution in [3.63, 3.8) is 0 Å². The smallest absolute Gasteiger partial charge is 0.339 e. The molecule has 0 aliphatic heterocycles. The summed E-state index contributed by atoms with van der Waals surface area (Å²) in [6, 6.07) is 24.7. The molecule has 0 spiro atoms. The molecule has 8 nitrogen and oxygen atoms in total. The van der Waals surface area contributed by atoms with Gasteiger partial charge in [-0.05, 0) is 42.5 Å². The number of aromatic nitrogens is 1. The Morgan fingerprint density at radius 3 is 2.35 bits per heavy atom. The molecule has 1 atom stereocenters. The molecule has 2 aromatic heterocycles. The number of esters is 1. The van der Waals surface area contributed by atoms with E-state index in [-0.39, 0.29) is 22.8 Å². The summed E-state index contributed by atoms with van der Waals surface area (Å²) < 4.78 is 38.4. The molecule has 2 heterocycles. The first-order valence-electron chi connectivity index (χ1n) is 11.4. The summed E-state index contributed by atoms with van der Waals surface area (Å²) in [5, 5.41) is 0.723. The molecule has 2 N–H and O–H groups in total. The third-order valence-corrected chi connectivity index (χ3v) is 7.25. The van der Waals surface area contributed by atoms with Crippen molar-refractivity contribution in [2.45, 2.75) is 17.5 Å². The molecule has 0 bridgehead atoms. The normalized spacial score (nSPS) is 12.3. The summed E-state index contributed by atoms with van der Waals surface area (Å²) in [4.78, 5) is 29.6. The minimum absolute atomic E-state index is 0.00612. The summed E-state index contributed by atoms with van der Waals surface area (Å²) in [5.74, 6) is -0.663. The van der Waals surface area contributed by atoms with Gasteiger partial charge in [-0.25, -0.2) is 17.9 Å². The first kappa shape index (κ1) is 24.2. The molecule has 186 valence electrons. The lowest BCUT2D eigenvalue weighted by molar-refractivity contribution is 0.0280. The first-order chi connectivity index (χ1) is 17.9. The topological polar surface area (TPSA) is 118 Å². The van der Waals surface area contributed by atoms with Gasteiger partial charge in [0, 0.05) is 28.2 Å². The average Bonchev–Trinajstić information content (AvgIpc) is 3.61. The number of hydrogen-bond donors (Lipinski definition) is 2. The van der Waals surface area contributed by atoms with Crippen molar-refractivity contribution < 1.29 is 27.2 Å². The SMILES string of the molecule is O=C(O[C@@H](C(=O)c1c[nH]c2ccccc12)c1ccccc1)c1ccc(S(=O)(=O)NCc2ccco2)cc1. The van der Waals surface area contributed by atoms with Gasteiger partial charge in [0.1, 0.15) is 5.76 Å². The predicted molar refractivity (Wildman–Crippen MR) is 136 cm³/mol. The van der Waals surface area contributed by atoms with Crippen LogP contribution in [0.1, 0.15) is 38.1 Å². The van der Waals surface area contributed by atoms with Crippen molar-refractivity contribution in [1.29, 1.82) is 0 Å². The number of benzene rings is 3. The van der Waals surface area contributed by atoms with Crippen LogP contribution in [0, 0.1) is 0 Å². The number of para-hydroxylation sites is 1. The summed E-state index contributed by atoms with van der Waals surface area (Å²) in [6.45, 7) is -0.00612. The summed E-state index contributed by atoms with van der Waals surface area (Å²) in [6.07, 6.45) is 1.87. The van der Waals surface area contributed by atoms with E-state index in [0.29, 0.717) is 16.9 Å². The maximum absolute atomic E-state index is 13.5. The van der Waals surface area contributed by atoms with Crippen LogP contribution in [0.2, 0.25) is 0 Å². The molecule has 0 amide bonds. The van der Waals surface area contributed by atoms with Gasteiger partial charge in [0.05, 0.1) is 23.3 Å². The molecule has 0 fully saturated rings. The quantitative estimate of drug-likeness (QED) is 0.211. The van der Waals surface area contributed by atoms with Crippen LogP contribution < -0.4 is 4.72 Å². The second-order valence-corrected chi connectivity index (χ2v) is 10.0. The number of furan rings is 1. The maximum atomic E-state index is 13.5. The Hall–Kier alpha value is -4.47. The minimum Gasteiger partial charge on any atom is -0.468 e. The number of carbonyl (C=O) groups excluding carboxylic acids is 2. The number of fused-ring (bicyclic) bond motifs is 1. The molecule has 0 aliphatic rings. The zero-order valence-electron chi connectivity index (χ0n) is 19.5. The zero-order chi connectivity index (χ0) is 25.8. The second kappa shape index (κ2) is 10.3. The lowest BCUT2D eigenvalue weighted by Gasteiger charge is -2.17. The fourth-order valence-corrected chi connectivity index (χ4v) is 4.92. The van der Waals surface area contributed by atoms with Crippen molar-refractivity contribution >= 4 is 32.7 Å². The highest BCUT2D eigenvalue weighted by Crippen LogP contribution is 2.28. The summed E-state index contributed by atoms with van der Waals surface area (Å²) >= 11 is 0. The Balaban J connectivity index is 1.37. The second-order valence-electron chi connectivity index (χ2n) is 8.24. The van der Waals surface area contributed by atoms with Gasteiger partial charge in [0.2, 0.25) is 15.8 Å². The van der Waals surface area contributed by atoms with E-state index in [4.69, 9.17) is 9.15 Å². The van der Waals surface area contributed by atoms with E-state index < -0.39 is 22.1 Å². The molecule has 0 saturated carbocycles. The van der Waals surface area contributed by atoms with Gasteiger partial charge in [-0.1, -0.05) is 48.5 Å². The van der Waals surface area contributed by atoms with Gasteiger partial charge in [0.25, 0.3) is 0 Å². The Kier molecular flexibility index (Phi) is 6.72. The molecule has 9 heteroatoms. The van der Waals surface area contributed by atoms with Crippen molar-refractivity contribution in [3.05, 3.63) is 126 Å². The highest BCUT2D eigenvalue weighted by atomic mass is 32.2. The maximum Gasteiger partial charge on any atom is 0.339 e. The molecule has 37 heavy (non-hydrogen) atoms. The minimum atomic E-state index is -3.83. The Morgan fingerprint density at radius 1 is 0.892 bits per heavy atom. The first-order valence-corrected chi connectivity index (χ1v) is 12.9. The van der Waals surface area contributed by atoms with Gasteiger partial charge in [-0.2, -0.15) is 0 Å². The third kappa shape index (κ3) is 5.23. The van der Waals surface area contributed by atoms with Gasteiger partial charge >= 0.3 is 5.97 Å². The number of nitrogens with one attached hydrogen (secondary N) is 2. The number of Topliss-reactive ketones (excluding diaryl/α,β-unsaturated/α-hetero) is 1. The lowest BCUT2D eigenvalue weighted by atomic mass is 9.99. The Morgan fingerprint density at radius 2 is 1.62 bits per heavy atom. The highest BCUT2D eigenvalue weighted by molar-refractivity contribution is 7.89. The molecule has 0 unspecified atom stereocenters. The fourth-order valence-electron chi connectivity index (χ4n) is 3.93. The Labute approximate surface area is 212 Å². The monoisotopic (exact) mass is 514 g/mol. The molecule has 0 saturated heterocycles. The van der Waals surface area contributed by atoms with E-state index in [0.717, 1.165) is 10.9 Å². The van der Waals surface area contributed by atoms with Gasteiger partial charge in [-0.15, -0.1) is 0 Å². The van der Waals surface area contributed by atoms with Crippen molar-refractivity contribution in [3.8, 4) is 0 Å². The molecule has 0 radical (unpaired) electrons. The lowest BCUT2D eigenvalue weighted by Crippen LogP contribution is -2.23. The van der Waals surface area contributed by atoms with Crippen LogP contribution in [0.15, 0.2) is 113 Å². The molecule has 5 rings (SSSR count). The average molecular weight is 515 g/mol. The number of ketones is 1. The predicted octanol–water partition coefficient (Wildman–Crippen LogP) is 5.02. The van der Waals surface area contributed by atoms with Gasteiger partial charge in [0.15, 0.2) is 6.10 Å². The zero-order valence-corrected chi connectivity index (χ0v) is 20.3. The number of ether oxygens (including phenoxy) is 1. The highest BCUT2D eigenvalue weighted by Gasteiger charge is 2.28. The van der Waals surface area contributed by atoms with Crippen LogP contribution in [-0.4, -0.2) is 25.2 Å².